The minimum Gasteiger partial charge on any atom is -0.277 e. The Morgan fingerprint density at radius 2 is 2.67 bits per heavy atom. The summed E-state index contributed by atoms with van der Waals surface area (Å²) < 4.78 is 0. The number of amides is 1. The van der Waals surface area contributed by atoms with E-state index < -0.39 is 0 Å². The Kier molecular flexibility index (Phi) is 1.81. The fraction of sp³-hybridized carbons (Fsp3) is 0.400. The Balaban J connectivity index is 2.29. The van der Waals surface area contributed by atoms with Crippen LogP contribution in [-0.4, -0.2) is 24.0 Å². The van der Waals surface area contributed by atoms with E-state index in [9.17, 15) is 4.79 Å². The first-order chi connectivity index (χ1) is 4.33. The lowest BCUT2D eigenvalue weighted by atomic mass is 10.5. The molecule has 1 fully saturated rings. The quantitative estimate of drug-likeness (QED) is 0.469. The highest BCUT2D eigenvalue weighted by Crippen LogP contribution is 1.86. The molecule has 0 aromatic heterocycles. The van der Waals surface area contributed by atoms with Crippen LogP contribution in [0.2, 0.25) is 0 Å². The molecular weight excluding hydrogens is 118 g/mol. The lowest BCUT2D eigenvalue weighted by Crippen LogP contribution is -2.36. The summed E-state index contributed by atoms with van der Waals surface area (Å²) in [5.41, 5.74) is 5.11. The summed E-state index contributed by atoms with van der Waals surface area (Å²) in [4.78, 5) is 10.5. The summed E-state index contributed by atoms with van der Waals surface area (Å²) in [6, 6.07) is 0. The third-order valence-electron chi connectivity index (χ3n) is 1.04. The average molecular weight is 127 g/mol. The molecule has 9 heavy (non-hydrogen) atoms. The van der Waals surface area contributed by atoms with Gasteiger partial charge in [-0.3, -0.25) is 10.2 Å². The normalized spacial score (nSPS) is 19.8. The van der Waals surface area contributed by atoms with Crippen LogP contribution in [0.1, 0.15) is 0 Å². The summed E-state index contributed by atoms with van der Waals surface area (Å²) in [7, 11) is 0. The highest BCUT2D eigenvalue weighted by molar-refractivity contribution is 5.78. The van der Waals surface area contributed by atoms with Gasteiger partial charge in [-0.2, -0.15) is 5.53 Å². The van der Waals surface area contributed by atoms with Crippen molar-refractivity contribution in [1.29, 1.82) is 0 Å². The Bertz CT molecular complexity index is 134. The van der Waals surface area contributed by atoms with E-state index in [2.05, 4.69) is 17.5 Å². The van der Waals surface area contributed by atoms with Gasteiger partial charge in [-0.1, -0.05) is 6.08 Å². The molecule has 0 bridgehead atoms. The molecule has 0 unspecified atom stereocenters. The molecule has 50 valence electrons. The van der Waals surface area contributed by atoms with Gasteiger partial charge in [-0.15, -0.1) is 6.58 Å². The SMILES string of the molecule is C=CCN1CC(=O)NN1. The van der Waals surface area contributed by atoms with Crippen LogP contribution in [0.25, 0.3) is 0 Å². The number of nitrogens with one attached hydrogen (secondary N) is 2. The number of rotatable bonds is 2. The van der Waals surface area contributed by atoms with Crippen molar-refractivity contribution in [2.24, 2.45) is 0 Å². The molecule has 1 aliphatic rings. The molecule has 0 saturated carbocycles. The van der Waals surface area contributed by atoms with Crippen molar-refractivity contribution in [3.8, 4) is 0 Å². The van der Waals surface area contributed by atoms with Gasteiger partial charge in [0.05, 0.1) is 6.54 Å². The smallest absolute Gasteiger partial charge is 0.250 e. The number of hydrogen-bond donors (Lipinski definition) is 2. The van der Waals surface area contributed by atoms with Gasteiger partial charge in [-0.05, 0) is 0 Å². The zero-order chi connectivity index (χ0) is 6.69. The minimum absolute atomic E-state index is 0.00292. The first-order valence-corrected chi connectivity index (χ1v) is 2.73. The highest BCUT2D eigenvalue weighted by atomic mass is 16.2. The summed E-state index contributed by atoms with van der Waals surface area (Å²) in [5.74, 6) is -0.00292. The molecule has 1 aliphatic heterocycles. The molecule has 2 N–H and O–H groups in total. The third kappa shape index (κ3) is 1.51. The Morgan fingerprint density at radius 1 is 1.89 bits per heavy atom. The van der Waals surface area contributed by atoms with E-state index in [4.69, 9.17) is 0 Å². The molecule has 0 aromatic rings. The van der Waals surface area contributed by atoms with Gasteiger partial charge >= 0.3 is 0 Å². The van der Waals surface area contributed by atoms with Crippen LogP contribution in [0.5, 0.6) is 0 Å². The molecule has 4 nitrogen and oxygen atoms in total. The van der Waals surface area contributed by atoms with Crippen LogP contribution in [0.4, 0.5) is 0 Å². The molecule has 4 heteroatoms. The number of hydrazine groups is 2. The van der Waals surface area contributed by atoms with Gasteiger partial charge in [0.15, 0.2) is 0 Å². The molecule has 0 atom stereocenters. The molecule has 1 rings (SSSR count). The summed E-state index contributed by atoms with van der Waals surface area (Å²) >= 11 is 0. The highest BCUT2D eigenvalue weighted by Gasteiger charge is 2.15. The second kappa shape index (κ2) is 2.61. The van der Waals surface area contributed by atoms with Crippen LogP contribution in [0, 0.1) is 0 Å². The van der Waals surface area contributed by atoms with E-state index in [0.29, 0.717) is 13.1 Å². The largest absolute Gasteiger partial charge is 0.277 e. The van der Waals surface area contributed by atoms with E-state index >= 15 is 0 Å². The van der Waals surface area contributed by atoms with Crippen LogP contribution >= 0.6 is 0 Å². The minimum atomic E-state index is -0.00292. The van der Waals surface area contributed by atoms with Crippen molar-refractivity contribution in [3.05, 3.63) is 12.7 Å². The second-order valence-corrected chi connectivity index (χ2v) is 1.83. The number of nitrogens with zero attached hydrogens (tertiary/aromatic N) is 1. The van der Waals surface area contributed by atoms with Gasteiger partial charge < -0.3 is 0 Å². The van der Waals surface area contributed by atoms with Crippen molar-refractivity contribution < 1.29 is 4.79 Å². The van der Waals surface area contributed by atoms with Gasteiger partial charge in [0.2, 0.25) is 0 Å². The average Bonchev–Trinajstić information content (AvgIpc) is 2.17. The molecule has 0 aromatic carbocycles. The van der Waals surface area contributed by atoms with Crippen molar-refractivity contribution in [2.45, 2.75) is 0 Å². The van der Waals surface area contributed by atoms with Crippen molar-refractivity contribution >= 4 is 5.91 Å². The van der Waals surface area contributed by atoms with Crippen LogP contribution in [0.3, 0.4) is 0 Å². The number of hydrogen-bond acceptors (Lipinski definition) is 3. The molecule has 0 aliphatic carbocycles. The number of carbonyl (C=O) groups is 1. The monoisotopic (exact) mass is 127 g/mol. The van der Waals surface area contributed by atoms with Crippen LogP contribution in [0.15, 0.2) is 12.7 Å². The first kappa shape index (κ1) is 6.25. The van der Waals surface area contributed by atoms with Gasteiger partial charge in [0, 0.05) is 6.54 Å². The fourth-order valence-electron chi connectivity index (χ4n) is 0.660. The molecular formula is C5H9N3O. The lowest BCUT2D eigenvalue weighted by Gasteiger charge is -2.07. The Hall–Kier alpha value is -0.870. The summed E-state index contributed by atoms with van der Waals surface area (Å²) in [6.07, 6.45) is 1.73. The maximum atomic E-state index is 10.5. The summed E-state index contributed by atoms with van der Waals surface area (Å²) in [6.45, 7) is 4.62. The molecule has 0 radical (unpaired) electrons. The zero-order valence-electron chi connectivity index (χ0n) is 5.05. The lowest BCUT2D eigenvalue weighted by molar-refractivity contribution is -0.118. The third-order valence-corrected chi connectivity index (χ3v) is 1.04. The molecule has 1 heterocycles. The topological polar surface area (TPSA) is 44.4 Å². The van der Waals surface area contributed by atoms with E-state index in [1.54, 1.807) is 11.1 Å². The molecule has 0 spiro atoms. The predicted molar refractivity (Wildman–Crippen MR) is 33.0 cm³/mol. The maximum Gasteiger partial charge on any atom is 0.250 e. The van der Waals surface area contributed by atoms with E-state index in [0.717, 1.165) is 0 Å². The zero-order valence-corrected chi connectivity index (χ0v) is 5.05. The van der Waals surface area contributed by atoms with Gasteiger partial charge in [0.25, 0.3) is 5.91 Å². The van der Waals surface area contributed by atoms with Crippen molar-refractivity contribution in [1.82, 2.24) is 16.0 Å². The van der Waals surface area contributed by atoms with Crippen LogP contribution in [-0.2, 0) is 4.79 Å². The van der Waals surface area contributed by atoms with Gasteiger partial charge in [-0.25, -0.2) is 5.01 Å². The second-order valence-electron chi connectivity index (χ2n) is 1.83. The standard InChI is InChI=1S/C5H9N3O/c1-2-3-8-4-5(9)6-7-8/h2,7H,1,3-4H2,(H,6,9). The Morgan fingerprint density at radius 3 is 3.11 bits per heavy atom. The van der Waals surface area contributed by atoms with E-state index in [1.165, 1.54) is 0 Å². The predicted octanol–water partition coefficient (Wildman–Crippen LogP) is -0.976. The fourth-order valence-corrected chi connectivity index (χ4v) is 0.660. The molecule has 1 saturated heterocycles. The maximum absolute atomic E-state index is 10.5. The van der Waals surface area contributed by atoms with E-state index in [1.807, 2.05) is 0 Å². The van der Waals surface area contributed by atoms with Crippen molar-refractivity contribution in [2.75, 3.05) is 13.1 Å². The summed E-state index contributed by atoms with van der Waals surface area (Å²) in [5, 5.41) is 1.73. The van der Waals surface area contributed by atoms with Crippen LogP contribution < -0.4 is 11.0 Å². The van der Waals surface area contributed by atoms with Crippen molar-refractivity contribution in [3.63, 3.8) is 0 Å². The Labute approximate surface area is 53.5 Å². The molecule has 1 amide bonds. The van der Waals surface area contributed by atoms with E-state index in [-0.39, 0.29) is 5.91 Å². The first-order valence-electron chi connectivity index (χ1n) is 2.73. The number of carbonyl (C=O) groups excluding carboxylic acids is 1. The van der Waals surface area contributed by atoms with Gasteiger partial charge in [0.1, 0.15) is 0 Å².